The van der Waals surface area contributed by atoms with Crippen molar-refractivity contribution in [2.45, 2.75) is 25.0 Å². The monoisotopic (exact) mass is 235 g/mol. The van der Waals surface area contributed by atoms with E-state index in [1.807, 2.05) is 0 Å². The zero-order chi connectivity index (χ0) is 11.5. The van der Waals surface area contributed by atoms with Gasteiger partial charge in [-0.05, 0) is 25.7 Å². The van der Waals surface area contributed by atoms with Gasteiger partial charge in [0.05, 0.1) is 5.75 Å². The summed E-state index contributed by atoms with van der Waals surface area (Å²) in [6.07, 6.45) is 1.48. The van der Waals surface area contributed by atoms with Crippen LogP contribution in [0.2, 0.25) is 0 Å². The first kappa shape index (κ1) is 12.4. The van der Waals surface area contributed by atoms with Crippen LogP contribution in [0.15, 0.2) is 0 Å². The average Bonchev–Trinajstić information content (AvgIpc) is 2.17. The maximum absolute atomic E-state index is 11.7. The van der Waals surface area contributed by atoms with Crippen LogP contribution in [-0.4, -0.2) is 38.5 Å². The molecular formula is C9H17NO4S. The van der Waals surface area contributed by atoms with Crippen molar-refractivity contribution in [1.82, 2.24) is 0 Å². The van der Waals surface area contributed by atoms with Crippen molar-refractivity contribution in [3.8, 4) is 0 Å². The molecule has 0 radical (unpaired) electrons. The van der Waals surface area contributed by atoms with Crippen molar-refractivity contribution in [2.75, 3.05) is 19.0 Å². The van der Waals surface area contributed by atoms with Crippen molar-refractivity contribution in [3.63, 3.8) is 0 Å². The van der Waals surface area contributed by atoms with Crippen molar-refractivity contribution < 1.29 is 17.9 Å². The molecule has 2 N–H and O–H groups in total. The Labute approximate surface area is 89.9 Å². The molecule has 0 saturated carbocycles. The number of ether oxygens (including phenoxy) is 1. The van der Waals surface area contributed by atoms with E-state index in [1.54, 1.807) is 0 Å². The SMILES string of the molecule is CC(C(N)=O)S(=O)(=O)CC1CCOCC1. The third-order valence-corrected chi connectivity index (χ3v) is 4.99. The lowest BCUT2D eigenvalue weighted by Crippen LogP contribution is -2.37. The number of carbonyl (C=O) groups excluding carboxylic acids is 1. The third-order valence-electron chi connectivity index (χ3n) is 2.75. The molecule has 1 amide bonds. The van der Waals surface area contributed by atoms with Crippen molar-refractivity contribution in [3.05, 3.63) is 0 Å². The van der Waals surface area contributed by atoms with Gasteiger partial charge < -0.3 is 10.5 Å². The van der Waals surface area contributed by atoms with E-state index in [-0.39, 0.29) is 11.7 Å². The summed E-state index contributed by atoms with van der Waals surface area (Å²) in [4.78, 5) is 10.8. The molecular weight excluding hydrogens is 218 g/mol. The molecule has 0 aromatic rings. The number of hydrogen-bond donors (Lipinski definition) is 1. The van der Waals surface area contributed by atoms with E-state index in [0.29, 0.717) is 13.2 Å². The molecule has 0 bridgehead atoms. The van der Waals surface area contributed by atoms with Crippen molar-refractivity contribution >= 4 is 15.7 Å². The molecule has 1 unspecified atom stereocenters. The number of hydrogen-bond acceptors (Lipinski definition) is 4. The van der Waals surface area contributed by atoms with E-state index in [4.69, 9.17) is 10.5 Å². The smallest absolute Gasteiger partial charge is 0.235 e. The lowest BCUT2D eigenvalue weighted by atomic mass is 10.0. The van der Waals surface area contributed by atoms with E-state index in [1.165, 1.54) is 6.92 Å². The van der Waals surface area contributed by atoms with Crippen LogP contribution >= 0.6 is 0 Å². The second kappa shape index (κ2) is 4.94. The third kappa shape index (κ3) is 3.46. The van der Waals surface area contributed by atoms with E-state index in [9.17, 15) is 13.2 Å². The maximum Gasteiger partial charge on any atom is 0.235 e. The molecule has 6 heteroatoms. The maximum atomic E-state index is 11.7. The average molecular weight is 235 g/mol. The predicted molar refractivity (Wildman–Crippen MR) is 56.0 cm³/mol. The summed E-state index contributed by atoms with van der Waals surface area (Å²) in [5, 5.41) is -1.08. The summed E-state index contributed by atoms with van der Waals surface area (Å²) in [6, 6.07) is 0. The molecule has 0 spiro atoms. The van der Waals surface area contributed by atoms with E-state index in [2.05, 4.69) is 0 Å². The fourth-order valence-corrected chi connectivity index (χ4v) is 3.20. The number of carbonyl (C=O) groups is 1. The Morgan fingerprint density at radius 2 is 2.00 bits per heavy atom. The Hall–Kier alpha value is -0.620. The summed E-state index contributed by atoms with van der Waals surface area (Å²) >= 11 is 0. The molecule has 5 nitrogen and oxygen atoms in total. The van der Waals surface area contributed by atoms with E-state index < -0.39 is 21.0 Å². The van der Waals surface area contributed by atoms with Gasteiger partial charge in [0.15, 0.2) is 9.84 Å². The number of primary amides is 1. The quantitative estimate of drug-likeness (QED) is 0.725. The molecule has 1 saturated heterocycles. The molecule has 1 aliphatic rings. The summed E-state index contributed by atoms with van der Waals surface area (Å²) in [7, 11) is -3.39. The van der Waals surface area contributed by atoms with Crippen LogP contribution in [0.4, 0.5) is 0 Å². The Balaban J connectivity index is 2.58. The summed E-state index contributed by atoms with van der Waals surface area (Å²) in [5.41, 5.74) is 4.98. The topological polar surface area (TPSA) is 86.5 Å². The number of rotatable bonds is 4. The van der Waals surface area contributed by atoms with Gasteiger partial charge in [0.1, 0.15) is 5.25 Å². The first-order valence-corrected chi connectivity index (χ1v) is 6.73. The Morgan fingerprint density at radius 3 is 2.47 bits per heavy atom. The minimum absolute atomic E-state index is 0.0421. The largest absolute Gasteiger partial charge is 0.381 e. The fourth-order valence-electron chi connectivity index (χ4n) is 1.56. The Bertz CT molecular complexity index is 319. The molecule has 0 aromatic carbocycles. The summed E-state index contributed by atoms with van der Waals surface area (Å²) in [6.45, 7) is 2.55. The summed E-state index contributed by atoms with van der Waals surface area (Å²) in [5.74, 6) is -0.631. The van der Waals surface area contributed by atoms with Gasteiger partial charge in [-0.25, -0.2) is 8.42 Å². The van der Waals surface area contributed by atoms with Gasteiger partial charge in [-0.3, -0.25) is 4.79 Å². The van der Waals surface area contributed by atoms with Crippen LogP contribution in [0.3, 0.4) is 0 Å². The highest BCUT2D eigenvalue weighted by Gasteiger charge is 2.29. The van der Waals surface area contributed by atoms with Crippen LogP contribution in [0.1, 0.15) is 19.8 Å². The van der Waals surface area contributed by atoms with Crippen LogP contribution in [0.5, 0.6) is 0 Å². The predicted octanol–water partition coefficient (Wildman–Crippen LogP) is -0.298. The lowest BCUT2D eigenvalue weighted by Gasteiger charge is -2.22. The molecule has 15 heavy (non-hydrogen) atoms. The van der Waals surface area contributed by atoms with Crippen molar-refractivity contribution in [1.29, 1.82) is 0 Å². The van der Waals surface area contributed by atoms with E-state index >= 15 is 0 Å². The van der Waals surface area contributed by atoms with Crippen LogP contribution in [0.25, 0.3) is 0 Å². The van der Waals surface area contributed by atoms with Crippen LogP contribution in [-0.2, 0) is 19.4 Å². The molecule has 0 aromatic heterocycles. The molecule has 1 fully saturated rings. The van der Waals surface area contributed by atoms with Crippen LogP contribution in [0, 0.1) is 5.92 Å². The number of amides is 1. The van der Waals surface area contributed by atoms with Gasteiger partial charge in [0.25, 0.3) is 0 Å². The summed E-state index contributed by atoms with van der Waals surface area (Å²) < 4.78 is 28.5. The van der Waals surface area contributed by atoms with Gasteiger partial charge >= 0.3 is 0 Å². The first-order chi connectivity index (χ1) is 6.93. The molecule has 1 heterocycles. The molecule has 88 valence electrons. The minimum atomic E-state index is -3.39. The lowest BCUT2D eigenvalue weighted by molar-refractivity contribution is -0.117. The second-order valence-electron chi connectivity index (χ2n) is 3.93. The molecule has 0 aliphatic carbocycles. The molecule has 1 rings (SSSR count). The van der Waals surface area contributed by atoms with Gasteiger partial charge in [-0.2, -0.15) is 0 Å². The standard InChI is InChI=1S/C9H17NO4S/c1-7(9(10)11)15(12,13)6-8-2-4-14-5-3-8/h7-8H,2-6H2,1H3,(H2,10,11). The normalized spacial score (nSPS) is 21.1. The zero-order valence-corrected chi connectivity index (χ0v) is 9.63. The van der Waals surface area contributed by atoms with Crippen molar-refractivity contribution in [2.24, 2.45) is 11.7 Å². The first-order valence-electron chi connectivity index (χ1n) is 5.02. The van der Waals surface area contributed by atoms with Gasteiger partial charge in [-0.1, -0.05) is 0 Å². The Kier molecular flexibility index (Phi) is 4.10. The minimum Gasteiger partial charge on any atom is -0.381 e. The van der Waals surface area contributed by atoms with Gasteiger partial charge in [-0.15, -0.1) is 0 Å². The second-order valence-corrected chi connectivity index (χ2v) is 6.30. The highest BCUT2D eigenvalue weighted by Crippen LogP contribution is 2.18. The Morgan fingerprint density at radius 1 is 1.47 bits per heavy atom. The highest BCUT2D eigenvalue weighted by atomic mass is 32.2. The molecule has 1 aliphatic heterocycles. The number of sulfone groups is 1. The van der Waals surface area contributed by atoms with Gasteiger partial charge in [0.2, 0.25) is 5.91 Å². The highest BCUT2D eigenvalue weighted by molar-refractivity contribution is 7.92. The van der Waals surface area contributed by atoms with Crippen LogP contribution < -0.4 is 5.73 Å². The van der Waals surface area contributed by atoms with Gasteiger partial charge in [0, 0.05) is 13.2 Å². The number of nitrogens with two attached hydrogens (primary N) is 1. The van der Waals surface area contributed by atoms with E-state index in [0.717, 1.165) is 12.8 Å². The zero-order valence-electron chi connectivity index (χ0n) is 8.81. The molecule has 1 atom stereocenters. The fraction of sp³-hybridized carbons (Fsp3) is 0.889.